The third-order valence-electron chi connectivity index (χ3n) is 3.79. The minimum Gasteiger partial charge on any atom is -0.459 e. The smallest absolute Gasteiger partial charge is 0.338 e. The lowest BCUT2D eigenvalue weighted by atomic mass is 10.1. The molecule has 25 heavy (non-hydrogen) atoms. The van der Waals surface area contributed by atoms with Crippen LogP contribution in [-0.4, -0.2) is 30.6 Å². The highest BCUT2D eigenvalue weighted by molar-refractivity contribution is 9.09. The molecule has 0 unspecified atom stereocenters. The fourth-order valence-corrected chi connectivity index (χ4v) is 3.86. The molecule has 4 nitrogen and oxygen atoms in total. The van der Waals surface area contributed by atoms with E-state index < -0.39 is 17.9 Å². The number of carbonyl (C=O) groups is 1. The van der Waals surface area contributed by atoms with Gasteiger partial charge < -0.3 is 14.2 Å². The molecule has 1 fully saturated rings. The zero-order valence-corrected chi connectivity index (χ0v) is 16.2. The molecular formula is C18H15BrCl2O4. The molecule has 1 saturated heterocycles. The van der Waals surface area contributed by atoms with Crippen LogP contribution in [0.2, 0.25) is 10.0 Å². The van der Waals surface area contributed by atoms with Crippen LogP contribution in [0.15, 0.2) is 48.5 Å². The molecule has 1 aliphatic rings. The number of hydrogen-bond donors (Lipinski definition) is 0. The van der Waals surface area contributed by atoms with E-state index in [1.807, 2.05) is 6.07 Å². The van der Waals surface area contributed by atoms with Crippen molar-refractivity contribution in [3.8, 4) is 0 Å². The van der Waals surface area contributed by atoms with E-state index in [0.717, 1.165) is 0 Å². The van der Waals surface area contributed by atoms with Crippen molar-refractivity contribution in [2.45, 2.75) is 11.9 Å². The molecule has 7 heteroatoms. The first-order valence-corrected chi connectivity index (χ1v) is 9.48. The highest BCUT2D eigenvalue weighted by atomic mass is 79.9. The molecule has 2 atom stereocenters. The fourth-order valence-electron chi connectivity index (χ4n) is 2.60. The van der Waals surface area contributed by atoms with Crippen LogP contribution in [0.1, 0.15) is 15.9 Å². The molecule has 0 aromatic heterocycles. The molecule has 2 aromatic rings. The molecule has 0 radical (unpaired) electrons. The van der Waals surface area contributed by atoms with Crippen LogP contribution in [0.25, 0.3) is 0 Å². The number of halogens is 3. The Morgan fingerprint density at radius 1 is 1.16 bits per heavy atom. The fraction of sp³-hybridized carbons (Fsp3) is 0.278. The second-order valence-electron chi connectivity index (χ2n) is 5.50. The minimum atomic E-state index is -1.11. The molecule has 1 aliphatic heterocycles. The number of esters is 1. The summed E-state index contributed by atoms with van der Waals surface area (Å²) in [7, 11) is 0. The molecule has 1 heterocycles. The summed E-state index contributed by atoms with van der Waals surface area (Å²) in [5, 5.41) is 1.25. The van der Waals surface area contributed by atoms with Crippen molar-refractivity contribution in [3.05, 3.63) is 69.7 Å². The van der Waals surface area contributed by atoms with Crippen LogP contribution < -0.4 is 0 Å². The first kappa shape index (κ1) is 18.7. The van der Waals surface area contributed by atoms with Gasteiger partial charge >= 0.3 is 5.97 Å². The van der Waals surface area contributed by atoms with Gasteiger partial charge in [0.15, 0.2) is 0 Å². The maximum absolute atomic E-state index is 12.0. The van der Waals surface area contributed by atoms with E-state index in [0.29, 0.717) is 26.5 Å². The van der Waals surface area contributed by atoms with Gasteiger partial charge in [0, 0.05) is 5.56 Å². The van der Waals surface area contributed by atoms with Crippen molar-refractivity contribution in [3.63, 3.8) is 0 Å². The van der Waals surface area contributed by atoms with Crippen LogP contribution in [0.4, 0.5) is 0 Å². The quantitative estimate of drug-likeness (QED) is 0.489. The number of benzene rings is 2. The highest BCUT2D eigenvalue weighted by Crippen LogP contribution is 2.43. The summed E-state index contributed by atoms with van der Waals surface area (Å²) < 4.78 is 17.2. The SMILES string of the molecule is O=C(OC[C@@H]1CO[C@@](CBr)(c2c(Cl)cccc2Cl)O1)c1ccccc1. The van der Waals surface area contributed by atoms with Crippen molar-refractivity contribution in [2.24, 2.45) is 0 Å². The number of hydrogen-bond acceptors (Lipinski definition) is 4. The normalized spacial score (nSPS) is 22.8. The second-order valence-corrected chi connectivity index (χ2v) is 6.87. The van der Waals surface area contributed by atoms with Crippen molar-refractivity contribution < 1.29 is 19.0 Å². The Kier molecular flexibility index (Phi) is 6.02. The lowest BCUT2D eigenvalue weighted by Crippen LogP contribution is -2.32. The van der Waals surface area contributed by atoms with Gasteiger partial charge in [-0.15, -0.1) is 0 Å². The Morgan fingerprint density at radius 2 is 1.84 bits per heavy atom. The monoisotopic (exact) mass is 444 g/mol. The Balaban J connectivity index is 1.69. The summed E-state index contributed by atoms with van der Waals surface area (Å²) in [4.78, 5) is 12.0. The number of carbonyl (C=O) groups excluding carboxylic acids is 1. The molecule has 132 valence electrons. The maximum atomic E-state index is 12.0. The second kappa shape index (κ2) is 8.06. The summed E-state index contributed by atoms with van der Waals surface area (Å²) in [6, 6.07) is 14.0. The van der Waals surface area contributed by atoms with E-state index in [-0.39, 0.29) is 13.2 Å². The maximum Gasteiger partial charge on any atom is 0.338 e. The number of rotatable bonds is 5. The minimum absolute atomic E-state index is 0.0740. The Bertz CT molecular complexity index is 736. The molecule has 0 amide bonds. The van der Waals surface area contributed by atoms with E-state index in [9.17, 15) is 4.79 Å². The zero-order valence-electron chi connectivity index (χ0n) is 13.1. The van der Waals surface area contributed by atoms with Crippen molar-refractivity contribution >= 4 is 45.1 Å². The first-order chi connectivity index (χ1) is 12.1. The topological polar surface area (TPSA) is 44.8 Å². The summed E-state index contributed by atoms with van der Waals surface area (Å²) in [6.45, 7) is 0.333. The standard InChI is InChI=1S/C18H15BrCl2O4/c19-11-18(16-14(20)7-4-8-15(16)21)24-10-13(25-18)9-23-17(22)12-5-2-1-3-6-12/h1-8,13H,9-11H2/t13-,18-/m1/s1. The number of ether oxygens (including phenoxy) is 3. The Morgan fingerprint density at radius 3 is 2.48 bits per heavy atom. The Labute approximate surface area is 164 Å². The van der Waals surface area contributed by atoms with Gasteiger partial charge in [-0.05, 0) is 24.3 Å². The predicted molar refractivity (Wildman–Crippen MR) is 99.5 cm³/mol. The van der Waals surface area contributed by atoms with Gasteiger partial charge in [-0.1, -0.05) is 63.4 Å². The molecule has 2 aromatic carbocycles. The van der Waals surface area contributed by atoms with Gasteiger partial charge in [0.25, 0.3) is 0 Å². The lowest BCUT2D eigenvalue weighted by molar-refractivity contribution is -0.160. The predicted octanol–water partition coefficient (Wildman–Crippen LogP) is 4.81. The van der Waals surface area contributed by atoms with Crippen molar-refractivity contribution in [1.29, 1.82) is 0 Å². The van der Waals surface area contributed by atoms with Crippen molar-refractivity contribution in [2.75, 3.05) is 18.5 Å². The molecule has 3 rings (SSSR count). The molecule has 0 bridgehead atoms. The van der Waals surface area contributed by atoms with Crippen LogP contribution >= 0.6 is 39.1 Å². The Hall–Kier alpha value is -1.11. The molecule has 0 spiro atoms. The largest absolute Gasteiger partial charge is 0.459 e. The summed E-state index contributed by atoms with van der Waals surface area (Å²) >= 11 is 16.0. The van der Waals surface area contributed by atoms with E-state index in [4.69, 9.17) is 37.4 Å². The van der Waals surface area contributed by atoms with E-state index in [2.05, 4.69) is 15.9 Å². The van der Waals surface area contributed by atoms with Crippen LogP contribution in [-0.2, 0) is 20.0 Å². The van der Waals surface area contributed by atoms with Gasteiger partial charge in [-0.3, -0.25) is 0 Å². The van der Waals surface area contributed by atoms with Crippen LogP contribution in [0.3, 0.4) is 0 Å². The average Bonchev–Trinajstić information content (AvgIpc) is 3.05. The van der Waals surface area contributed by atoms with Crippen LogP contribution in [0, 0.1) is 0 Å². The molecule has 0 aliphatic carbocycles. The first-order valence-electron chi connectivity index (χ1n) is 7.60. The average molecular weight is 446 g/mol. The van der Waals surface area contributed by atoms with Gasteiger partial charge in [0.05, 0.1) is 27.5 Å². The van der Waals surface area contributed by atoms with Gasteiger partial charge in [0.1, 0.15) is 12.7 Å². The molecule has 0 saturated carbocycles. The van der Waals surface area contributed by atoms with Crippen molar-refractivity contribution in [1.82, 2.24) is 0 Å². The van der Waals surface area contributed by atoms with Gasteiger partial charge in [0.2, 0.25) is 5.79 Å². The van der Waals surface area contributed by atoms with E-state index in [1.165, 1.54) is 0 Å². The molecular weight excluding hydrogens is 431 g/mol. The van der Waals surface area contributed by atoms with E-state index >= 15 is 0 Å². The number of alkyl halides is 1. The third-order valence-corrected chi connectivity index (χ3v) is 5.16. The van der Waals surface area contributed by atoms with E-state index in [1.54, 1.807) is 42.5 Å². The van der Waals surface area contributed by atoms with Gasteiger partial charge in [-0.25, -0.2) is 4.79 Å². The highest BCUT2D eigenvalue weighted by Gasteiger charge is 2.45. The third kappa shape index (κ3) is 4.01. The zero-order chi connectivity index (χ0) is 17.9. The van der Waals surface area contributed by atoms with Gasteiger partial charge in [-0.2, -0.15) is 0 Å². The molecule has 0 N–H and O–H groups in total. The summed E-state index contributed by atoms with van der Waals surface area (Å²) in [6.07, 6.45) is -0.419. The lowest BCUT2D eigenvalue weighted by Gasteiger charge is -2.28. The summed E-state index contributed by atoms with van der Waals surface area (Å²) in [5.41, 5.74) is 1.05. The summed E-state index contributed by atoms with van der Waals surface area (Å²) in [5.74, 6) is -1.52. The van der Waals surface area contributed by atoms with Crippen LogP contribution in [0.5, 0.6) is 0 Å².